The molecule has 1 fully saturated rings. The van der Waals surface area contributed by atoms with Crippen molar-refractivity contribution in [2.45, 2.75) is 57.0 Å². The lowest BCUT2D eigenvalue weighted by molar-refractivity contribution is -0.140. The van der Waals surface area contributed by atoms with Crippen LogP contribution in [0, 0.1) is 0 Å². The van der Waals surface area contributed by atoms with Crippen LogP contribution in [-0.4, -0.2) is 18.7 Å². The molecule has 2 aliphatic rings. The number of fused-ring (bicyclic) bond motifs is 1. The minimum Gasteiger partial charge on any atom is -0.486 e. The second-order valence-corrected chi connectivity index (χ2v) is 6.00. The number of ether oxygens (including phenoxy) is 2. The Balaban J connectivity index is 1.77. The summed E-state index contributed by atoms with van der Waals surface area (Å²) in [5.74, 6) is 0.881. The van der Waals surface area contributed by atoms with Crippen molar-refractivity contribution in [1.29, 1.82) is 0 Å². The molecule has 108 valence electrons. The van der Waals surface area contributed by atoms with Crippen molar-refractivity contribution in [3.63, 3.8) is 0 Å². The molecule has 1 spiro atoms. The summed E-state index contributed by atoms with van der Waals surface area (Å²) in [5.41, 5.74) is 2.51. The van der Waals surface area contributed by atoms with E-state index in [9.17, 15) is 4.79 Å². The molecule has 1 heterocycles. The molecule has 1 saturated carbocycles. The number of hydrogen-bond acceptors (Lipinski definition) is 3. The molecule has 20 heavy (non-hydrogen) atoms. The molecular formula is C17H22O3. The van der Waals surface area contributed by atoms with Crippen molar-refractivity contribution in [2.24, 2.45) is 0 Å². The molecule has 0 radical (unpaired) electrons. The minimum atomic E-state index is -0.159. The van der Waals surface area contributed by atoms with Crippen LogP contribution in [0.3, 0.4) is 0 Å². The maximum absolute atomic E-state index is 11.3. The quantitative estimate of drug-likeness (QED) is 0.792. The Morgan fingerprint density at radius 2 is 2.10 bits per heavy atom. The summed E-state index contributed by atoms with van der Waals surface area (Å²) in [6.07, 6.45) is 8.35. The third-order valence-electron chi connectivity index (χ3n) is 4.60. The van der Waals surface area contributed by atoms with Gasteiger partial charge in [0.25, 0.3) is 0 Å². The molecule has 1 aliphatic heterocycles. The molecule has 0 amide bonds. The van der Waals surface area contributed by atoms with Crippen molar-refractivity contribution >= 4 is 5.97 Å². The highest BCUT2D eigenvalue weighted by molar-refractivity contribution is 5.69. The standard InChI is InChI=1S/C17H22O3/c1-19-15(18)9-8-13-6-5-7-14-12-17(20-16(13)14)10-3-2-4-11-17/h5-7H,2-4,8-12H2,1H3. The van der Waals surface area contributed by atoms with Gasteiger partial charge in [0.05, 0.1) is 7.11 Å². The van der Waals surface area contributed by atoms with Crippen LogP contribution in [0.5, 0.6) is 5.75 Å². The summed E-state index contributed by atoms with van der Waals surface area (Å²) < 4.78 is 11.1. The first-order chi connectivity index (χ1) is 9.72. The van der Waals surface area contributed by atoms with E-state index in [-0.39, 0.29) is 11.6 Å². The molecule has 3 nitrogen and oxygen atoms in total. The fourth-order valence-electron chi connectivity index (χ4n) is 3.52. The van der Waals surface area contributed by atoms with Crippen LogP contribution in [0.2, 0.25) is 0 Å². The van der Waals surface area contributed by atoms with Gasteiger partial charge in [-0.15, -0.1) is 0 Å². The zero-order valence-corrected chi connectivity index (χ0v) is 12.1. The van der Waals surface area contributed by atoms with Gasteiger partial charge >= 0.3 is 5.97 Å². The Hall–Kier alpha value is -1.51. The number of esters is 1. The number of carbonyl (C=O) groups excluding carboxylic acids is 1. The average molecular weight is 274 g/mol. The second-order valence-electron chi connectivity index (χ2n) is 6.00. The lowest BCUT2D eigenvalue weighted by Crippen LogP contribution is -2.36. The van der Waals surface area contributed by atoms with Gasteiger partial charge in [0.1, 0.15) is 11.4 Å². The number of para-hydroxylation sites is 1. The van der Waals surface area contributed by atoms with E-state index in [1.807, 2.05) is 0 Å². The van der Waals surface area contributed by atoms with Crippen LogP contribution >= 0.6 is 0 Å². The molecule has 1 aromatic carbocycles. The van der Waals surface area contributed by atoms with E-state index in [4.69, 9.17) is 9.47 Å². The minimum absolute atomic E-state index is 0.0436. The van der Waals surface area contributed by atoms with Crippen LogP contribution in [0.25, 0.3) is 0 Å². The zero-order valence-electron chi connectivity index (χ0n) is 12.1. The smallest absolute Gasteiger partial charge is 0.305 e. The largest absolute Gasteiger partial charge is 0.486 e. The molecular weight excluding hydrogens is 252 g/mol. The topological polar surface area (TPSA) is 35.5 Å². The Morgan fingerprint density at radius 1 is 1.30 bits per heavy atom. The molecule has 3 heteroatoms. The summed E-state index contributed by atoms with van der Waals surface area (Å²) in [4.78, 5) is 11.3. The van der Waals surface area contributed by atoms with Crippen molar-refractivity contribution in [3.05, 3.63) is 29.3 Å². The number of benzene rings is 1. The van der Waals surface area contributed by atoms with Crippen molar-refractivity contribution in [2.75, 3.05) is 7.11 Å². The molecule has 0 atom stereocenters. The Morgan fingerprint density at radius 3 is 2.85 bits per heavy atom. The zero-order chi connectivity index (χ0) is 14.0. The van der Waals surface area contributed by atoms with E-state index < -0.39 is 0 Å². The van der Waals surface area contributed by atoms with Gasteiger partial charge in [0.15, 0.2) is 0 Å². The van der Waals surface area contributed by atoms with Gasteiger partial charge in [-0.25, -0.2) is 0 Å². The molecule has 1 aromatic rings. The molecule has 0 aromatic heterocycles. The molecule has 3 rings (SSSR count). The van der Waals surface area contributed by atoms with Gasteiger partial charge in [0.2, 0.25) is 0 Å². The van der Waals surface area contributed by atoms with Gasteiger partial charge < -0.3 is 9.47 Å². The first kappa shape index (κ1) is 13.5. The maximum atomic E-state index is 11.3. The third kappa shape index (κ3) is 2.54. The van der Waals surface area contributed by atoms with E-state index in [1.165, 1.54) is 31.9 Å². The van der Waals surface area contributed by atoms with Crippen LogP contribution < -0.4 is 4.74 Å². The first-order valence-electron chi connectivity index (χ1n) is 7.59. The molecule has 0 N–H and O–H groups in total. The summed E-state index contributed by atoms with van der Waals surface area (Å²) in [7, 11) is 1.44. The Kier molecular flexibility index (Phi) is 3.68. The number of aryl methyl sites for hydroxylation is 1. The highest BCUT2D eigenvalue weighted by atomic mass is 16.5. The highest BCUT2D eigenvalue weighted by Crippen LogP contribution is 2.45. The number of hydrogen-bond donors (Lipinski definition) is 0. The number of rotatable bonds is 3. The predicted octanol–water partition coefficient (Wildman–Crippen LogP) is 3.43. The number of methoxy groups -OCH3 is 1. The van der Waals surface area contributed by atoms with E-state index >= 15 is 0 Å². The van der Waals surface area contributed by atoms with Crippen molar-refractivity contribution in [1.82, 2.24) is 0 Å². The van der Waals surface area contributed by atoms with Gasteiger partial charge in [-0.3, -0.25) is 4.79 Å². The van der Waals surface area contributed by atoms with Gasteiger partial charge in [-0.2, -0.15) is 0 Å². The predicted molar refractivity (Wildman–Crippen MR) is 76.9 cm³/mol. The van der Waals surface area contributed by atoms with E-state index in [0.717, 1.165) is 30.6 Å². The summed E-state index contributed by atoms with van der Waals surface area (Å²) in [6.45, 7) is 0. The van der Waals surface area contributed by atoms with Gasteiger partial charge in [-0.05, 0) is 43.2 Å². The first-order valence-corrected chi connectivity index (χ1v) is 7.59. The normalized spacial score (nSPS) is 19.4. The van der Waals surface area contributed by atoms with Crippen molar-refractivity contribution < 1.29 is 14.3 Å². The molecule has 0 unspecified atom stereocenters. The summed E-state index contributed by atoms with van der Waals surface area (Å²) in [6, 6.07) is 6.32. The Bertz CT molecular complexity index is 501. The van der Waals surface area contributed by atoms with Gasteiger partial charge in [0, 0.05) is 12.8 Å². The average Bonchev–Trinajstić information content (AvgIpc) is 2.83. The van der Waals surface area contributed by atoms with Crippen LogP contribution in [-0.2, 0) is 22.4 Å². The molecule has 0 bridgehead atoms. The fraction of sp³-hybridized carbons (Fsp3) is 0.588. The van der Waals surface area contributed by atoms with Gasteiger partial charge in [-0.1, -0.05) is 24.6 Å². The van der Waals surface area contributed by atoms with Crippen LogP contribution in [0.1, 0.15) is 49.7 Å². The monoisotopic (exact) mass is 274 g/mol. The molecule has 1 aliphatic carbocycles. The van der Waals surface area contributed by atoms with Crippen molar-refractivity contribution in [3.8, 4) is 5.75 Å². The SMILES string of the molecule is COC(=O)CCc1cccc2c1OC1(CCCCC1)C2. The number of carbonyl (C=O) groups is 1. The van der Waals surface area contributed by atoms with E-state index in [1.54, 1.807) is 0 Å². The fourth-order valence-corrected chi connectivity index (χ4v) is 3.52. The van der Waals surface area contributed by atoms with Crippen LogP contribution in [0.4, 0.5) is 0 Å². The highest BCUT2D eigenvalue weighted by Gasteiger charge is 2.40. The third-order valence-corrected chi connectivity index (χ3v) is 4.60. The lowest BCUT2D eigenvalue weighted by atomic mass is 9.82. The summed E-state index contributed by atoms with van der Waals surface area (Å²) in [5, 5.41) is 0. The summed E-state index contributed by atoms with van der Waals surface area (Å²) >= 11 is 0. The van der Waals surface area contributed by atoms with E-state index in [2.05, 4.69) is 18.2 Å². The maximum Gasteiger partial charge on any atom is 0.305 e. The van der Waals surface area contributed by atoms with Crippen LogP contribution in [0.15, 0.2) is 18.2 Å². The second kappa shape index (κ2) is 5.47. The van der Waals surface area contributed by atoms with E-state index in [0.29, 0.717) is 12.8 Å². The lowest BCUT2D eigenvalue weighted by Gasteiger charge is -2.32. The Labute approximate surface area is 120 Å². The molecule has 0 saturated heterocycles.